The smallest absolute Gasteiger partial charge is 0.240 e. The molecule has 2 N–H and O–H groups in total. The van der Waals surface area contributed by atoms with Gasteiger partial charge in [0, 0.05) is 6.54 Å². The normalized spacial score (nSPS) is 10.8. The molecule has 0 aliphatic rings. The third kappa shape index (κ3) is 3.77. The summed E-state index contributed by atoms with van der Waals surface area (Å²) in [5, 5.41) is 8.46. The van der Waals surface area contributed by atoms with Crippen molar-refractivity contribution in [2.75, 3.05) is 19.8 Å². The first-order valence-corrected chi connectivity index (χ1v) is 6.44. The average molecular weight is 275 g/mol. The van der Waals surface area contributed by atoms with E-state index in [1.54, 1.807) is 0 Å². The standard InChI is InChI=1S/C11H11F2NO3S/c12-5-6-14-18(16,17)10-4-3-9(2-1-7-15)11(13)8-10/h3-4,8,14-15H,5-7H2. The van der Waals surface area contributed by atoms with Gasteiger partial charge in [0.25, 0.3) is 0 Å². The summed E-state index contributed by atoms with van der Waals surface area (Å²) in [6.45, 7) is -1.63. The first-order chi connectivity index (χ1) is 8.51. The Bertz CT molecular complexity index is 576. The largest absolute Gasteiger partial charge is 0.384 e. The molecular weight excluding hydrogens is 264 g/mol. The number of rotatable bonds is 4. The summed E-state index contributed by atoms with van der Waals surface area (Å²) in [7, 11) is -3.91. The summed E-state index contributed by atoms with van der Waals surface area (Å²) < 4.78 is 50.4. The molecule has 98 valence electrons. The Kier molecular flexibility index (Phi) is 5.22. The Morgan fingerprint density at radius 3 is 2.67 bits per heavy atom. The fourth-order valence-corrected chi connectivity index (χ4v) is 2.17. The third-order valence-electron chi connectivity index (χ3n) is 1.94. The van der Waals surface area contributed by atoms with Crippen molar-refractivity contribution in [1.82, 2.24) is 4.72 Å². The van der Waals surface area contributed by atoms with Gasteiger partial charge in [-0.15, -0.1) is 0 Å². The molecule has 0 aliphatic heterocycles. The van der Waals surface area contributed by atoms with E-state index in [9.17, 15) is 17.2 Å². The van der Waals surface area contributed by atoms with E-state index in [4.69, 9.17) is 5.11 Å². The van der Waals surface area contributed by atoms with E-state index in [-0.39, 0.29) is 17.0 Å². The number of benzene rings is 1. The molecule has 0 heterocycles. The minimum absolute atomic E-state index is 0.0199. The summed E-state index contributed by atoms with van der Waals surface area (Å²) in [4.78, 5) is -0.303. The van der Waals surface area contributed by atoms with Crippen LogP contribution in [0, 0.1) is 17.7 Å². The maximum atomic E-state index is 13.5. The molecule has 1 aromatic carbocycles. The highest BCUT2D eigenvalue weighted by atomic mass is 32.2. The zero-order valence-corrected chi connectivity index (χ0v) is 10.1. The van der Waals surface area contributed by atoms with Crippen LogP contribution in [0.4, 0.5) is 8.78 Å². The molecule has 7 heteroatoms. The van der Waals surface area contributed by atoms with Crippen molar-refractivity contribution in [3.63, 3.8) is 0 Å². The number of aliphatic hydroxyl groups excluding tert-OH is 1. The molecular formula is C11H11F2NO3S. The fraction of sp³-hybridized carbons (Fsp3) is 0.273. The van der Waals surface area contributed by atoms with Crippen LogP contribution in [-0.4, -0.2) is 33.4 Å². The number of hydrogen-bond donors (Lipinski definition) is 2. The van der Waals surface area contributed by atoms with Gasteiger partial charge >= 0.3 is 0 Å². The van der Waals surface area contributed by atoms with Crippen LogP contribution in [-0.2, 0) is 10.0 Å². The van der Waals surface area contributed by atoms with Gasteiger partial charge in [-0.3, -0.25) is 0 Å². The van der Waals surface area contributed by atoms with E-state index in [1.165, 1.54) is 6.07 Å². The number of nitrogens with one attached hydrogen (secondary N) is 1. The quantitative estimate of drug-likeness (QED) is 0.783. The predicted octanol–water partition coefficient (Wildman–Crippen LogP) is 0.417. The molecule has 4 nitrogen and oxygen atoms in total. The Morgan fingerprint density at radius 1 is 1.39 bits per heavy atom. The highest BCUT2D eigenvalue weighted by Crippen LogP contribution is 2.14. The summed E-state index contributed by atoms with van der Waals surface area (Å²) >= 11 is 0. The van der Waals surface area contributed by atoms with Crippen LogP contribution < -0.4 is 4.72 Å². The van der Waals surface area contributed by atoms with Gasteiger partial charge in [0.05, 0.1) is 10.5 Å². The Labute approximate surface area is 104 Å². The summed E-state index contributed by atoms with van der Waals surface area (Å²) in [6, 6.07) is 3.13. The number of hydrogen-bond acceptors (Lipinski definition) is 3. The van der Waals surface area contributed by atoms with E-state index in [0.717, 1.165) is 12.1 Å². The molecule has 0 radical (unpaired) electrons. The van der Waals surface area contributed by atoms with E-state index >= 15 is 0 Å². The molecule has 0 unspecified atom stereocenters. The summed E-state index contributed by atoms with van der Waals surface area (Å²) in [6.07, 6.45) is 0. The Balaban J connectivity index is 3.04. The van der Waals surface area contributed by atoms with Gasteiger partial charge in [-0.05, 0) is 18.2 Å². The summed E-state index contributed by atoms with van der Waals surface area (Å²) in [5.41, 5.74) is -0.0199. The second kappa shape index (κ2) is 6.44. The van der Waals surface area contributed by atoms with Gasteiger partial charge in [0.1, 0.15) is 19.1 Å². The highest BCUT2D eigenvalue weighted by Gasteiger charge is 2.15. The molecule has 0 fully saturated rings. The molecule has 0 aliphatic carbocycles. The van der Waals surface area contributed by atoms with Crippen molar-refractivity contribution < 1.29 is 22.3 Å². The fourth-order valence-electron chi connectivity index (χ4n) is 1.16. The number of alkyl halides is 1. The average Bonchev–Trinajstić information content (AvgIpc) is 2.35. The highest BCUT2D eigenvalue weighted by molar-refractivity contribution is 7.89. The predicted molar refractivity (Wildman–Crippen MR) is 61.5 cm³/mol. The second-order valence-corrected chi connectivity index (χ2v) is 4.96. The van der Waals surface area contributed by atoms with Gasteiger partial charge in [0.15, 0.2) is 0 Å². The van der Waals surface area contributed by atoms with Gasteiger partial charge in [-0.1, -0.05) is 11.8 Å². The van der Waals surface area contributed by atoms with Crippen molar-refractivity contribution in [3.05, 3.63) is 29.6 Å². The molecule has 0 aromatic heterocycles. The van der Waals surface area contributed by atoms with E-state index < -0.39 is 29.1 Å². The zero-order valence-electron chi connectivity index (χ0n) is 9.28. The maximum absolute atomic E-state index is 13.5. The Morgan fingerprint density at radius 2 is 2.11 bits per heavy atom. The van der Waals surface area contributed by atoms with Crippen LogP contribution in [0.25, 0.3) is 0 Å². The lowest BCUT2D eigenvalue weighted by Gasteiger charge is -2.05. The molecule has 0 amide bonds. The van der Waals surface area contributed by atoms with Crippen LogP contribution in [0.1, 0.15) is 5.56 Å². The van der Waals surface area contributed by atoms with Crippen molar-refractivity contribution in [3.8, 4) is 11.8 Å². The minimum atomic E-state index is -3.91. The number of aliphatic hydroxyl groups is 1. The van der Waals surface area contributed by atoms with E-state index in [1.807, 2.05) is 4.72 Å². The SMILES string of the molecule is O=S(=O)(NCCF)c1ccc(C#CCO)c(F)c1. The minimum Gasteiger partial charge on any atom is -0.384 e. The lowest BCUT2D eigenvalue weighted by molar-refractivity contribution is 0.350. The van der Waals surface area contributed by atoms with Crippen LogP contribution in [0.15, 0.2) is 23.1 Å². The first-order valence-electron chi connectivity index (χ1n) is 4.96. The first kappa shape index (κ1) is 14.6. The third-order valence-corrected chi connectivity index (χ3v) is 3.40. The molecule has 18 heavy (non-hydrogen) atoms. The number of sulfonamides is 1. The van der Waals surface area contributed by atoms with E-state index in [0.29, 0.717) is 0 Å². The molecule has 0 spiro atoms. The van der Waals surface area contributed by atoms with Crippen LogP contribution in [0.2, 0.25) is 0 Å². The molecule has 0 saturated carbocycles. The lowest BCUT2D eigenvalue weighted by atomic mass is 10.2. The zero-order chi connectivity index (χ0) is 13.6. The molecule has 1 rings (SSSR count). The summed E-state index contributed by atoms with van der Waals surface area (Å²) in [5.74, 6) is 3.76. The van der Waals surface area contributed by atoms with Gasteiger partial charge < -0.3 is 5.11 Å². The van der Waals surface area contributed by atoms with Crippen LogP contribution in [0.5, 0.6) is 0 Å². The van der Waals surface area contributed by atoms with Crippen molar-refractivity contribution in [2.45, 2.75) is 4.90 Å². The number of halogens is 2. The maximum Gasteiger partial charge on any atom is 0.240 e. The van der Waals surface area contributed by atoms with Gasteiger partial charge in [0.2, 0.25) is 10.0 Å². The van der Waals surface area contributed by atoms with Crippen LogP contribution in [0.3, 0.4) is 0 Å². The Hall–Kier alpha value is -1.49. The van der Waals surface area contributed by atoms with Gasteiger partial charge in [-0.25, -0.2) is 21.9 Å². The molecule has 0 atom stereocenters. The second-order valence-electron chi connectivity index (χ2n) is 3.19. The monoisotopic (exact) mass is 275 g/mol. The molecule has 1 aromatic rings. The van der Waals surface area contributed by atoms with Crippen molar-refractivity contribution >= 4 is 10.0 Å². The van der Waals surface area contributed by atoms with Crippen molar-refractivity contribution in [1.29, 1.82) is 0 Å². The topological polar surface area (TPSA) is 66.4 Å². The lowest BCUT2D eigenvalue weighted by Crippen LogP contribution is -2.25. The van der Waals surface area contributed by atoms with Crippen molar-refractivity contribution in [2.24, 2.45) is 0 Å². The molecule has 0 bridgehead atoms. The van der Waals surface area contributed by atoms with Crippen LogP contribution >= 0.6 is 0 Å². The van der Waals surface area contributed by atoms with E-state index in [2.05, 4.69) is 11.8 Å². The molecule has 0 saturated heterocycles. The van der Waals surface area contributed by atoms with Gasteiger partial charge in [-0.2, -0.15) is 0 Å².